The van der Waals surface area contributed by atoms with E-state index in [2.05, 4.69) is 0 Å². The van der Waals surface area contributed by atoms with E-state index in [1.165, 1.54) is 15.6 Å². The fourth-order valence-electron chi connectivity index (χ4n) is 1.76. The topological polar surface area (TPSA) is 57.6 Å². The number of aliphatic hydroxyl groups is 1. The number of hydrogen-bond acceptors (Lipinski definition) is 4. The molecule has 0 spiro atoms. The van der Waals surface area contributed by atoms with Crippen LogP contribution in [-0.2, 0) is 16.4 Å². The fraction of sp³-hybridized carbons (Fsp3) is 0.636. The Bertz CT molecular complexity index is 477. The summed E-state index contributed by atoms with van der Waals surface area (Å²) in [5.41, 5.74) is 0. The van der Waals surface area contributed by atoms with Gasteiger partial charge in [0.1, 0.15) is 4.21 Å². The van der Waals surface area contributed by atoms with Crippen molar-refractivity contribution in [1.82, 2.24) is 4.31 Å². The van der Waals surface area contributed by atoms with Gasteiger partial charge in [0.05, 0.1) is 6.61 Å². The highest BCUT2D eigenvalue weighted by atomic mass is 32.2. The molecule has 0 unspecified atom stereocenters. The predicted octanol–water partition coefficient (Wildman–Crippen LogP) is 1.46. The summed E-state index contributed by atoms with van der Waals surface area (Å²) in [6.07, 6.45) is 2.67. The molecule has 0 bridgehead atoms. The number of sulfonamides is 1. The minimum atomic E-state index is -3.40. The van der Waals surface area contributed by atoms with Gasteiger partial charge in [-0.3, -0.25) is 0 Å². The standard InChI is InChI=1S/C11H17NO3S2/c1-2-10-5-6-11(16-10)17(14,15)12(7-8-13)9-3-4-9/h5-6,9,13H,2-4,7-8H2,1H3. The van der Waals surface area contributed by atoms with Crippen LogP contribution in [0.1, 0.15) is 24.6 Å². The molecule has 0 aliphatic heterocycles. The van der Waals surface area contributed by atoms with Crippen LogP contribution in [0.2, 0.25) is 0 Å². The number of rotatable bonds is 6. The lowest BCUT2D eigenvalue weighted by molar-refractivity contribution is 0.250. The molecule has 0 aromatic carbocycles. The van der Waals surface area contributed by atoms with Gasteiger partial charge in [-0.05, 0) is 31.4 Å². The minimum absolute atomic E-state index is 0.0966. The van der Waals surface area contributed by atoms with Gasteiger partial charge < -0.3 is 5.11 Å². The van der Waals surface area contributed by atoms with Crippen molar-refractivity contribution in [2.45, 2.75) is 36.4 Å². The number of nitrogens with zero attached hydrogens (tertiary/aromatic N) is 1. The van der Waals surface area contributed by atoms with Gasteiger partial charge in [-0.2, -0.15) is 4.31 Å². The Balaban J connectivity index is 2.26. The lowest BCUT2D eigenvalue weighted by Crippen LogP contribution is -2.35. The second kappa shape index (κ2) is 5.06. The molecular weight excluding hydrogens is 258 g/mol. The van der Waals surface area contributed by atoms with E-state index >= 15 is 0 Å². The molecule has 1 fully saturated rings. The Labute approximate surface area is 106 Å². The maximum Gasteiger partial charge on any atom is 0.252 e. The quantitative estimate of drug-likeness (QED) is 0.855. The Hall–Kier alpha value is -0.430. The van der Waals surface area contributed by atoms with Crippen LogP contribution < -0.4 is 0 Å². The molecule has 17 heavy (non-hydrogen) atoms. The Morgan fingerprint density at radius 3 is 2.65 bits per heavy atom. The monoisotopic (exact) mass is 275 g/mol. The molecule has 1 aromatic rings. The molecule has 1 aromatic heterocycles. The fourth-order valence-corrected chi connectivity index (χ4v) is 4.86. The van der Waals surface area contributed by atoms with Crippen molar-refractivity contribution in [1.29, 1.82) is 0 Å². The molecule has 1 saturated carbocycles. The lowest BCUT2D eigenvalue weighted by Gasteiger charge is -2.19. The van der Waals surface area contributed by atoms with E-state index in [1.54, 1.807) is 6.07 Å². The normalized spacial score (nSPS) is 16.6. The van der Waals surface area contributed by atoms with Gasteiger partial charge in [0, 0.05) is 17.5 Å². The van der Waals surface area contributed by atoms with E-state index in [9.17, 15) is 8.42 Å². The van der Waals surface area contributed by atoms with Gasteiger partial charge >= 0.3 is 0 Å². The van der Waals surface area contributed by atoms with Crippen molar-refractivity contribution >= 4 is 21.4 Å². The summed E-state index contributed by atoms with van der Waals surface area (Å²) < 4.78 is 26.6. The van der Waals surface area contributed by atoms with Crippen LogP contribution in [0.15, 0.2) is 16.3 Å². The van der Waals surface area contributed by atoms with E-state index in [1.807, 2.05) is 13.0 Å². The zero-order chi connectivity index (χ0) is 12.5. The van der Waals surface area contributed by atoms with Crippen molar-refractivity contribution < 1.29 is 13.5 Å². The van der Waals surface area contributed by atoms with Gasteiger partial charge in [-0.25, -0.2) is 8.42 Å². The zero-order valence-corrected chi connectivity index (χ0v) is 11.4. The average Bonchev–Trinajstić information content (AvgIpc) is 3.01. The van der Waals surface area contributed by atoms with E-state index in [4.69, 9.17) is 5.11 Å². The molecule has 4 nitrogen and oxygen atoms in total. The number of aliphatic hydroxyl groups excluding tert-OH is 1. The first-order valence-corrected chi connectivity index (χ1v) is 8.06. The van der Waals surface area contributed by atoms with E-state index in [-0.39, 0.29) is 19.2 Å². The number of aryl methyl sites for hydroxylation is 1. The number of hydrogen-bond donors (Lipinski definition) is 1. The molecule has 2 rings (SSSR count). The van der Waals surface area contributed by atoms with Crippen molar-refractivity contribution in [2.24, 2.45) is 0 Å². The molecule has 0 radical (unpaired) electrons. The van der Waals surface area contributed by atoms with Crippen LogP contribution >= 0.6 is 11.3 Å². The molecule has 96 valence electrons. The summed E-state index contributed by atoms with van der Waals surface area (Å²) in [6, 6.07) is 3.63. The maximum absolute atomic E-state index is 12.4. The van der Waals surface area contributed by atoms with Crippen LogP contribution in [0.3, 0.4) is 0 Å². The summed E-state index contributed by atoms with van der Waals surface area (Å²) in [7, 11) is -3.40. The first-order chi connectivity index (χ1) is 8.09. The summed E-state index contributed by atoms with van der Waals surface area (Å²) >= 11 is 1.33. The Morgan fingerprint density at radius 2 is 2.18 bits per heavy atom. The van der Waals surface area contributed by atoms with E-state index in [0.717, 1.165) is 24.1 Å². The summed E-state index contributed by atoms with van der Waals surface area (Å²) in [5, 5.41) is 8.97. The minimum Gasteiger partial charge on any atom is -0.395 e. The SMILES string of the molecule is CCc1ccc(S(=O)(=O)N(CCO)C2CC2)s1. The summed E-state index contributed by atoms with van der Waals surface area (Å²) in [5.74, 6) is 0. The van der Waals surface area contributed by atoms with Gasteiger partial charge in [0.2, 0.25) is 0 Å². The second-order valence-corrected chi connectivity index (χ2v) is 7.43. The third-order valence-electron chi connectivity index (χ3n) is 2.82. The highest BCUT2D eigenvalue weighted by molar-refractivity contribution is 7.91. The van der Waals surface area contributed by atoms with Gasteiger partial charge in [-0.1, -0.05) is 6.92 Å². The molecule has 6 heteroatoms. The second-order valence-electron chi connectivity index (χ2n) is 4.14. The van der Waals surface area contributed by atoms with Crippen LogP contribution in [0.25, 0.3) is 0 Å². The lowest BCUT2D eigenvalue weighted by atomic mass is 10.4. The maximum atomic E-state index is 12.4. The molecule has 0 atom stereocenters. The predicted molar refractivity (Wildman–Crippen MR) is 67.7 cm³/mol. The largest absolute Gasteiger partial charge is 0.395 e. The third-order valence-corrected chi connectivity index (χ3v) is 6.47. The highest BCUT2D eigenvalue weighted by Gasteiger charge is 2.38. The van der Waals surface area contributed by atoms with E-state index < -0.39 is 10.0 Å². The Morgan fingerprint density at radius 1 is 1.47 bits per heavy atom. The van der Waals surface area contributed by atoms with Crippen LogP contribution in [0, 0.1) is 0 Å². The molecule has 1 aliphatic carbocycles. The van der Waals surface area contributed by atoms with Gasteiger partial charge in [0.15, 0.2) is 0 Å². The molecule has 0 saturated heterocycles. The van der Waals surface area contributed by atoms with Crippen LogP contribution in [0.4, 0.5) is 0 Å². The van der Waals surface area contributed by atoms with Crippen molar-refractivity contribution in [3.8, 4) is 0 Å². The third kappa shape index (κ3) is 2.70. The van der Waals surface area contributed by atoms with E-state index in [0.29, 0.717) is 4.21 Å². The summed E-state index contributed by atoms with van der Waals surface area (Å²) in [4.78, 5) is 1.07. The van der Waals surface area contributed by atoms with Gasteiger partial charge in [0.25, 0.3) is 10.0 Å². The number of thiophene rings is 1. The Kier molecular flexibility index (Phi) is 3.87. The van der Waals surface area contributed by atoms with Crippen molar-refractivity contribution in [3.05, 3.63) is 17.0 Å². The van der Waals surface area contributed by atoms with Crippen LogP contribution in [0.5, 0.6) is 0 Å². The summed E-state index contributed by atoms with van der Waals surface area (Å²) in [6.45, 7) is 2.09. The highest BCUT2D eigenvalue weighted by Crippen LogP contribution is 2.34. The smallest absolute Gasteiger partial charge is 0.252 e. The first kappa shape index (κ1) is 13.0. The van der Waals surface area contributed by atoms with Gasteiger partial charge in [-0.15, -0.1) is 11.3 Å². The molecule has 1 heterocycles. The molecular formula is C11H17NO3S2. The van der Waals surface area contributed by atoms with Crippen LogP contribution in [-0.4, -0.2) is 37.0 Å². The average molecular weight is 275 g/mol. The first-order valence-electron chi connectivity index (χ1n) is 5.81. The molecule has 0 amide bonds. The zero-order valence-electron chi connectivity index (χ0n) is 9.80. The van der Waals surface area contributed by atoms with Crippen molar-refractivity contribution in [2.75, 3.05) is 13.2 Å². The molecule has 1 aliphatic rings. The molecule has 1 N–H and O–H groups in total. The van der Waals surface area contributed by atoms with Crippen molar-refractivity contribution in [3.63, 3.8) is 0 Å².